The molecular weight excluding hydrogens is 204 g/mol. The van der Waals surface area contributed by atoms with Crippen molar-refractivity contribution >= 4 is 0 Å². The van der Waals surface area contributed by atoms with E-state index in [1.807, 2.05) is 31.2 Å². The number of nitrogens with zero attached hydrogens (tertiary/aromatic N) is 2. The SMILES string of the molecule is Cc1ccc(-c2noc(CCCO)n2)cc1. The summed E-state index contributed by atoms with van der Waals surface area (Å²) in [5, 5.41) is 12.6. The van der Waals surface area contributed by atoms with Gasteiger partial charge in [0.05, 0.1) is 0 Å². The molecule has 2 aromatic rings. The minimum Gasteiger partial charge on any atom is -0.396 e. The van der Waals surface area contributed by atoms with Crippen LogP contribution in [0.2, 0.25) is 0 Å². The van der Waals surface area contributed by atoms with Crippen molar-refractivity contribution in [2.75, 3.05) is 6.61 Å². The lowest BCUT2D eigenvalue weighted by Crippen LogP contribution is -1.89. The second-order valence-corrected chi connectivity index (χ2v) is 3.70. The summed E-state index contributed by atoms with van der Waals surface area (Å²) in [7, 11) is 0. The first-order valence-corrected chi connectivity index (χ1v) is 5.30. The largest absolute Gasteiger partial charge is 0.396 e. The molecule has 0 fully saturated rings. The molecule has 0 unspecified atom stereocenters. The van der Waals surface area contributed by atoms with E-state index < -0.39 is 0 Å². The van der Waals surface area contributed by atoms with E-state index in [0.717, 1.165) is 5.56 Å². The first-order valence-electron chi connectivity index (χ1n) is 5.30. The average Bonchev–Trinajstić information content (AvgIpc) is 2.76. The fourth-order valence-corrected chi connectivity index (χ4v) is 1.41. The van der Waals surface area contributed by atoms with Gasteiger partial charge in [-0.1, -0.05) is 35.0 Å². The summed E-state index contributed by atoms with van der Waals surface area (Å²) in [6.07, 6.45) is 1.27. The fraction of sp³-hybridized carbons (Fsp3) is 0.333. The van der Waals surface area contributed by atoms with Crippen LogP contribution >= 0.6 is 0 Å². The van der Waals surface area contributed by atoms with Gasteiger partial charge in [0.25, 0.3) is 0 Å². The molecule has 0 amide bonds. The monoisotopic (exact) mass is 218 g/mol. The van der Waals surface area contributed by atoms with Crippen molar-refractivity contribution in [3.63, 3.8) is 0 Å². The molecule has 0 radical (unpaired) electrons. The third-order valence-electron chi connectivity index (χ3n) is 2.33. The van der Waals surface area contributed by atoms with E-state index in [0.29, 0.717) is 24.6 Å². The van der Waals surface area contributed by atoms with Gasteiger partial charge in [-0.15, -0.1) is 0 Å². The number of hydrogen-bond acceptors (Lipinski definition) is 4. The quantitative estimate of drug-likeness (QED) is 0.852. The summed E-state index contributed by atoms with van der Waals surface area (Å²) in [4.78, 5) is 4.26. The lowest BCUT2D eigenvalue weighted by Gasteiger charge is -1.94. The van der Waals surface area contributed by atoms with Crippen molar-refractivity contribution in [1.29, 1.82) is 0 Å². The van der Waals surface area contributed by atoms with E-state index >= 15 is 0 Å². The summed E-state index contributed by atoms with van der Waals surface area (Å²) in [6.45, 7) is 2.18. The Morgan fingerprint density at radius 3 is 2.69 bits per heavy atom. The molecule has 2 rings (SSSR count). The molecule has 0 aliphatic rings. The number of aryl methyl sites for hydroxylation is 2. The molecule has 4 heteroatoms. The van der Waals surface area contributed by atoms with Crippen molar-refractivity contribution < 1.29 is 9.63 Å². The maximum absolute atomic E-state index is 8.69. The van der Waals surface area contributed by atoms with Crippen LogP contribution in [0.25, 0.3) is 11.4 Å². The van der Waals surface area contributed by atoms with Crippen LogP contribution in [0.3, 0.4) is 0 Å². The average molecular weight is 218 g/mol. The van der Waals surface area contributed by atoms with Crippen LogP contribution in [0, 0.1) is 6.92 Å². The summed E-state index contributed by atoms with van der Waals surface area (Å²) in [5.74, 6) is 1.18. The Morgan fingerprint density at radius 1 is 1.25 bits per heavy atom. The van der Waals surface area contributed by atoms with E-state index in [2.05, 4.69) is 10.1 Å². The van der Waals surface area contributed by atoms with E-state index in [1.165, 1.54) is 5.56 Å². The number of hydrogen-bond donors (Lipinski definition) is 1. The molecular formula is C12H14N2O2. The van der Waals surface area contributed by atoms with E-state index in [9.17, 15) is 0 Å². The molecule has 0 bridgehead atoms. The topological polar surface area (TPSA) is 59.2 Å². The van der Waals surface area contributed by atoms with Crippen LogP contribution < -0.4 is 0 Å². The fourth-order valence-electron chi connectivity index (χ4n) is 1.41. The lowest BCUT2D eigenvalue weighted by molar-refractivity contribution is 0.278. The van der Waals surface area contributed by atoms with Crippen LogP contribution in [0.15, 0.2) is 28.8 Å². The summed E-state index contributed by atoms with van der Waals surface area (Å²) >= 11 is 0. The Hall–Kier alpha value is -1.68. The predicted octanol–water partition coefficient (Wildman–Crippen LogP) is 1.97. The zero-order chi connectivity index (χ0) is 11.4. The number of rotatable bonds is 4. The highest BCUT2D eigenvalue weighted by molar-refractivity contribution is 5.54. The normalized spacial score (nSPS) is 10.6. The van der Waals surface area contributed by atoms with Gasteiger partial charge in [-0.2, -0.15) is 4.98 Å². The zero-order valence-corrected chi connectivity index (χ0v) is 9.18. The molecule has 0 saturated heterocycles. The van der Waals surface area contributed by atoms with E-state index in [-0.39, 0.29) is 6.61 Å². The molecule has 84 valence electrons. The molecule has 0 aliphatic heterocycles. The maximum Gasteiger partial charge on any atom is 0.227 e. The molecule has 1 N–H and O–H groups in total. The summed E-state index contributed by atoms with van der Waals surface area (Å²) in [5.41, 5.74) is 2.15. The van der Waals surface area contributed by atoms with Crippen LogP contribution in [0.1, 0.15) is 17.9 Å². The van der Waals surface area contributed by atoms with Gasteiger partial charge in [-0.3, -0.25) is 0 Å². The van der Waals surface area contributed by atoms with Crippen LogP contribution in [0.4, 0.5) is 0 Å². The van der Waals surface area contributed by atoms with Gasteiger partial charge < -0.3 is 9.63 Å². The Bertz CT molecular complexity index is 448. The van der Waals surface area contributed by atoms with Gasteiger partial charge in [-0.05, 0) is 13.3 Å². The Balaban J connectivity index is 2.15. The predicted molar refractivity (Wildman–Crippen MR) is 59.9 cm³/mol. The van der Waals surface area contributed by atoms with Crippen molar-refractivity contribution in [3.05, 3.63) is 35.7 Å². The minimum absolute atomic E-state index is 0.141. The highest BCUT2D eigenvalue weighted by Gasteiger charge is 2.07. The summed E-state index contributed by atoms with van der Waals surface area (Å²) in [6, 6.07) is 7.96. The minimum atomic E-state index is 0.141. The number of benzene rings is 1. The van der Waals surface area contributed by atoms with Crippen molar-refractivity contribution in [1.82, 2.24) is 10.1 Å². The van der Waals surface area contributed by atoms with Gasteiger partial charge in [-0.25, -0.2) is 0 Å². The zero-order valence-electron chi connectivity index (χ0n) is 9.18. The van der Waals surface area contributed by atoms with Gasteiger partial charge in [0, 0.05) is 18.6 Å². The molecule has 0 aliphatic carbocycles. The molecule has 0 spiro atoms. The standard InChI is InChI=1S/C12H14N2O2/c1-9-4-6-10(7-5-9)12-13-11(16-14-12)3-2-8-15/h4-7,15H,2-3,8H2,1H3. The molecule has 16 heavy (non-hydrogen) atoms. The molecule has 1 aromatic carbocycles. The van der Waals surface area contributed by atoms with E-state index in [4.69, 9.17) is 9.63 Å². The smallest absolute Gasteiger partial charge is 0.227 e. The van der Waals surface area contributed by atoms with Gasteiger partial charge in [0.15, 0.2) is 0 Å². The Morgan fingerprint density at radius 2 is 2.00 bits per heavy atom. The highest BCUT2D eigenvalue weighted by Crippen LogP contribution is 2.16. The van der Waals surface area contributed by atoms with Crippen molar-refractivity contribution in [2.24, 2.45) is 0 Å². The highest BCUT2D eigenvalue weighted by atomic mass is 16.5. The van der Waals surface area contributed by atoms with Crippen molar-refractivity contribution in [2.45, 2.75) is 19.8 Å². The van der Waals surface area contributed by atoms with Crippen LogP contribution in [-0.2, 0) is 6.42 Å². The molecule has 0 atom stereocenters. The van der Waals surface area contributed by atoms with E-state index in [1.54, 1.807) is 0 Å². The molecule has 1 heterocycles. The third kappa shape index (κ3) is 2.46. The van der Waals surface area contributed by atoms with Crippen LogP contribution in [0.5, 0.6) is 0 Å². The third-order valence-corrected chi connectivity index (χ3v) is 2.33. The number of aliphatic hydroxyl groups is 1. The molecule has 1 aromatic heterocycles. The number of aliphatic hydroxyl groups excluding tert-OH is 1. The molecule has 0 saturated carbocycles. The first-order chi connectivity index (χ1) is 7.79. The Kier molecular flexibility index (Phi) is 3.31. The van der Waals surface area contributed by atoms with Gasteiger partial charge in [0.2, 0.25) is 11.7 Å². The van der Waals surface area contributed by atoms with Gasteiger partial charge >= 0.3 is 0 Å². The maximum atomic E-state index is 8.69. The second kappa shape index (κ2) is 4.90. The molecule has 4 nitrogen and oxygen atoms in total. The first kappa shape index (κ1) is 10.8. The second-order valence-electron chi connectivity index (χ2n) is 3.70. The van der Waals surface area contributed by atoms with Crippen molar-refractivity contribution in [3.8, 4) is 11.4 Å². The Labute approximate surface area is 93.9 Å². The van der Waals surface area contributed by atoms with Crippen LogP contribution in [-0.4, -0.2) is 21.9 Å². The lowest BCUT2D eigenvalue weighted by atomic mass is 10.1. The summed E-state index contributed by atoms with van der Waals surface area (Å²) < 4.78 is 5.08. The van der Waals surface area contributed by atoms with Gasteiger partial charge in [0.1, 0.15) is 0 Å². The number of aromatic nitrogens is 2.